The fourth-order valence-corrected chi connectivity index (χ4v) is 3.17. The number of hydrogen-bond donors (Lipinski definition) is 1. The first-order valence-corrected chi connectivity index (χ1v) is 8.41. The number of nitrogens with zero attached hydrogens (tertiary/aromatic N) is 4. The standard InChI is InChI=1S/C18H24FN5/c1-13-11-24(18(20)22-13)21-10-15-6-7-17(19)9-16(15)12-23-8-4-3-5-14(23)2/h6-7,9-11,14H,3-5,8,12H2,1-2H3,(H2,20,22). The minimum atomic E-state index is -0.218. The second kappa shape index (κ2) is 7.13. The Bertz CT molecular complexity index is 737. The van der Waals surface area contributed by atoms with Crippen LogP contribution in [0.5, 0.6) is 0 Å². The van der Waals surface area contributed by atoms with Gasteiger partial charge in [0, 0.05) is 12.6 Å². The Kier molecular flexibility index (Phi) is 4.94. The zero-order valence-electron chi connectivity index (χ0n) is 14.2. The van der Waals surface area contributed by atoms with Crippen LogP contribution in [0, 0.1) is 12.7 Å². The lowest BCUT2D eigenvalue weighted by Crippen LogP contribution is -2.37. The molecule has 0 bridgehead atoms. The zero-order chi connectivity index (χ0) is 17.1. The van der Waals surface area contributed by atoms with Crippen molar-refractivity contribution >= 4 is 12.2 Å². The smallest absolute Gasteiger partial charge is 0.221 e. The number of likely N-dealkylation sites (tertiary alicyclic amines) is 1. The number of imidazole rings is 1. The average molecular weight is 329 g/mol. The van der Waals surface area contributed by atoms with Crippen molar-refractivity contribution in [2.24, 2.45) is 5.10 Å². The number of aryl methyl sites for hydroxylation is 1. The summed E-state index contributed by atoms with van der Waals surface area (Å²) in [4.78, 5) is 6.53. The van der Waals surface area contributed by atoms with E-state index in [1.54, 1.807) is 24.5 Å². The van der Waals surface area contributed by atoms with Crippen molar-refractivity contribution in [3.05, 3.63) is 47.0 Å². The summed E-state index contributed by atoms with van der Waals surface area (Å²) in [6.45, 7) is 5.89. The molecule has 1 fully saturated rings. The van der Waals surface area contributed by atoms with E-state index in [0.29, 0.717) is 12.0 Å². The van der Waals surface area contributed by atoms with Crippen molar-refractivity contribution in [2.45, 2.75) is 45.7 Å². The van der Waals surface area contributed by atoms with E-state index >= 15 is 0 Å². The van der Waals surface area contributed by atoms with Crippen LogP contribution in [0.25, 0.3) is 0 Å². The van der Waals surface area contributed by atoms with Crippen molar-refractivity contribution in [1.29, 1.82) is 0 Å². The number of aromatic nitrogens is 2. The predicted octanol–water partition coefficient (Wildman–Crippen LogP) is 3.17. The number of hydrogen-bond acceptors (Lipinski definition) is 4. The second-order valence-corrected chi connectivity index (χ2v) is 6.49. The van der Waals surface area contributed by atoms with Crippen LogP contribution in [-0.2, 0) is 6.54 Å². The van der Waals surface area contributed by atoms with E-state index < -0.39 is 0 Å². The molecule has 24 heavy (non-hydrogen) atoms. The highest BCUT2D eigenvalue weighted by atomic mass is 19.1. The summed E-state index contributed by atoms with van der Waals surface area (Å²) >= 11 is 0. The molecule has 2 N–H and O–H groups in total. The fraction of sp³-hybridized carbons (Fsp3) is 0.444. The molecule has 1 aliphatic heterocycles. The summed E-state index contributed by atoms with van der Waals surface area (Å²) in [5.74, 6) is 0.127. The van der Waals surface area contributed by atoms with Crippen molar-refractivity contribution in [1.82, 2.24) is 14.6 Å². The van der Waals surface area contributed by atoms with Crippen molar-refractivity contribution in [2.75, 3.05) is 12.3 Å². The van der Waals surface area contributed by atoms with Crippen LogP contribution >= 0.6 is 0 Å². The molecular formula is C18H24FN5. The summed E-state index contributed by atoms with van der Waals surface area (Å²) in [6.07, 6.45) is 7.16. The molecular weight excluding hydrogens is 305 g/mol. The topological polar surface area (TPSA) is 59.4 Å². The lowest BCUT2D eigenvalue weighted by molar-refractivity contribution is 0.152. The van der Waals surface area contributed by atoms with E-state index in [-0.39, 0.29) is 5.82 Å². The monoisotopic (exact) mass is 329 g/mol. The highest BCUT2D eigenvalue weighted by molar-refractivity contribution is 5.81. The summed E-state index contributed by atoms with van der Waals surface area (Å²) in [5.41, 5.74) is 8.47. The number of piperidine rings is 1. The highest BCUT2D eigenvalue weighted by Gasteiger charge is 2.19. The second-order valence-electron chi connectivity index (χ2n) is 6.49. The molecule has 0 aliphatic carbocycles. The SMILES string of the molecule is Cc1cn(N=Cc2ccc(F)cc2CN2CCCCC2C)c(N)n1. The molecule has 5 nitrogen and oxygen atoms in total. The number of nitrogen functional groups attached to an aromatic ring is 1. The Morgan fingerprint density at radius 3 is 2.96 bits per heavy atom. The fourth-order valence-electron chi connectivity index (χ4n) is 3.17. The van der Waals surface area contributed by atoms with Gasteiger partial charge in [-0.15, -0.1) is 0 Å². The molecule has 3 rings (SSSR count). The van der Waals surface area contributed by atoms with Crippen molar-refractivity contribution < 1.29 is 4.39 Å². The van der Waals surface area contributed by atoms with E-state index in [1.165, 1.54) is 30.0 Å². The van der Waals surface area contributed by atoms with Gasteiger partial charge in [0.25, 0.3) is 0 Å². The minimum Gasteiger partial charge on any atom is -0.368 e. The Hall–Kier alpha value is -2.21. The number of rotatable bonds is 4. The molecule has 0 spiro atoms. The molecule has 1 aliphatic rings. The van der Waals surface area contributed by atoms with Crippen LogP contribution in [0.15, 0.2) is 29.5 Å². The molecule has 0 amide bonds. The predicted molar refractivity (Wildman–Crippen MR) is 94.5 cm³/mol. The molecule has 1 saturated heterocycles. The maximum atomic E-state index is 13.7. The third-order valence-electron chi connectivity index (χ3n) is 4.57. The number of anilines is 1. The number of nitrogens with two attached hydrogens (primary N) is 1. The molecule has 2 heterocycles. The molecule has 6 heteroatoms. The molecule has 2 aromatic rings. The Labute approximate surface area is 142 Å². The quantitative estimate of drug-likeness (QED) is 0.877. The van der Waals surface area contributed by atoms with Gasteiger partial charge in [-0.1, -0.05) is 12.5 Å². The van der Waals surface area contributed by atoms with Crippen LogP contribution in [0.4, 0.5) is 10.3 Å². The van der Waals surface area contributed by atoms with Gasteiger partial charge in [-0.25, -0.2) is 14.1 Å². The van der Waals surface area contributed by atoms with E-state index in [9.17, 15) is 4.39 Å². The third-order valence-corrected chi connectivity index (χ3v) is 4.57. The van der Waals surface area contributed by atoms with Gasteiger partial charge in [-0.3, -0.25) is 4.90 Å². The first-order chi connectivity index (χ1) is 11.5. The van der Waals surface area contributed by atoms with Gasteiger partial charge in [0.15, 0.2) is 0 Å². The molecule has 1 aromatic heterocycles. The Morgan fingerprint density at radius 1 is 1.42 bits per heavy atom. The lowest BCUT2D eigenvalue weighted by Gasteiger charge is -2.33. The summed E-state index contributed by atoms with van der Waals surface area (Å²) in [7, 11) is 0. The lowest BCUT2D eigenvalue weighted by atomic mass is 10.0. The maximum Gasteiger partial charge on any atom is 0.221 e. The molecule has 1 atom stereocenters. The van der Waals surface area contributed by atoms with Crippen LogP contribution in [0.3, 0.4) is 0 Å². The Morgan fingerprint density at radius 2 is 2.25 bits per heavy atom. The summed E-state index contributed by atoms with van der Waals surface area (Å²) in [5, 5.41) is 4.36. The van der Waals surface area contributed by atoms with E-state index in [2.05, 4.69) is 21.9 Å². The number of halogens is 1. The largest absolute Gasteiger partial charge is 0.368 e. The number of benzene rings is 1. The van der Waals surface area contributed by atoms with Gasteiger partial charge >= 0.3 is 0 Å². The van der Waals surface area contributed by atoms with Crippen molar-refractivity contribution in [3.8, 4) is 0 Å². The van der Waals surface area contributed by atoms with Crippen LogP contribution in [-0.4, -0.2) is 33.4 Å². The molecule has 1 unspecified atom stereocenters. The van der Waals surface area contributed by atoms with Gasteiger partial charge < -0.3 is 5.73 Å². The summed E-state index contributed by atoms with van der Waals surface area (Å²) in [6, 6.07) is 5.36. The molecule has 128 valence electrons. The molecule has 0 radical (unpaired) electrons. The van der Waals surface area contributed by atoms with Gasteiger partial charge in [-0.05, 0) is 56.5 Å². The maximum absolute atomic E-state index is 13.7. The first kappa shape index (κ1) is 16.6. The zero-order valence-corrected chi connectivity index (χ0v) is 14.2. The van der Waals surface area contributed by atoms with Gasteiger partial charge in [0.05, 0.1) is 18.1 Å². The van der Waals surface area contributed by atoms with Crippen molar-refractivity contribution in [3.63, 3.8) is 0 Å². The van der Waals surface area contributed by atoms with Gasteiger partial charge in [0.1, 0.15) is 5.82 Å². The van der Waals surface area contributed by atoms with Gasteiger partial charge in [0.2, 0.25) is 5.95 Å². The molecule has 1 aromatic carbocycles. The van der Waals surface area contributed by atoms with Crippen LogP contribution < -0.4 is 5.73 Å². The van der Waals surface area contributed by atoms with E-state index in [0.717, 1.165) is 29.9 Å². The normalized spacial score (nSPS) is 19.2. The third kappa shape index (κ3) is 3.82. The minimum absolute atomic E-state index is 0.218. The van der Waals surface area contributed by atoms with E-state index in [1.807, 2.05) is 6.92 Å². The van der Waals surface area contributed by atoms with E-state index in [4.69, 9.17) is 5.73 Å². The summed E-state index contributed by atoms with van der Waals surface area (Å²) < 4.78 is 15.3. The molecule has 0 saturated carbocycles. The Balaban J connectivity index is 1.84. The van der Waals surface area contributed by atoms with Crippen LogP contribution in [0.2, 0.25) is 0 Å². The van der Waals surface area contributed by atoms with Crippen LogP contribution in [0.1, 0.15) is 43.0 Å². The first-order valence-electron chi connectivity index (χ1n) is 8.41. The highest BCUT2D eigenvalue weighted by Crippen LogP contribution is 2.21. The average Bonchev–Trinajstić information content (AvgIpc) is 2.86. The van der Waals surface area contributed by atoms with Gasteiger partial charge in [-0.2, -0.15) is 5.10 Å².